The molecule has 1 heterocycles. The van der Waals surface area contributed by atoms with Crippen molar-refractivity contribution in [1.29, 1.82) is 0 Å². The van der Waals surface area contributed by atoms with Gasteiger partial charge in [0, 0.05) is 18.5 Å². The Morgan fingerprint density at radius 3 is 3.04 bits per heavy atom. The highest BCUT2D eigenvalue weighted by Gasteiger charge is 2.37. The van der Waals surface area contributed by atoms with E-state index in [1.165, 1.54) is 11.1 Å². The summed E-state index contributed by atoms with van der Waals surface area (Å²) < 4.78 is 5.51. The van der Waals surface area contributed by atoms with Crippen LogP contribution in [0.4, 0.5) is 0 Å². The number of hydrogen-bond acceptors (Lipinski definition) is 3. The van der Waals surface area contributed by atoms with Crippen molar-refractivity contribution in [3.8, 4) is 5.75 Å². The molecule has 4 nitrogen and oxygen atoms in total. The number of amides is 1. The van der Waals surface area contributed by atoms with Gasteiger partial charge in [-0.3, -0.25) is 4.79 Å². The van der Waals surface area contributed by atoms with Gasteiger partial charge in [0.15, 0.2) is 0 Å². The quantitative estimate of drug-likeness (QED) is 0.887. The Balaban J connectivity index is 0.00000192. The zero-order valence-corrected chi connectivity index (χ0v) is 14.6. The molecule has 2 unspecified atom stereocenters. The predicted octanol–water partition coefficient (Wildman–Crippen LogP) is 2.61. The molecule has 2 aliphatic rings. The molecular weight excluding hydrogens is 312 g/mol. The molecule has 0 bridgehead atoms. The molecule has 3 N–H and O–H groups in total. The molecule has 1 aromatic rings. The summed E-state index contributed by atoms with van der Waals surface area (Å²) in [7, 11) is 0. The zero-order valence-electron chi connectivity index (χ0n) is 13.8. The maximum Gasteiger partial charge on any atom is 0.224 e. The predicted molar refractivity (Wildman–Crippen MR) is 94.2 cm³/mol. The molecule has 1 aliphatic heterocycles. The molecule has 1 aromatic carbocycles. The number of rotatable bonds is 4. The van der Waals surface area contributed by atoms with E-state index in [4.69, 9.17) is 10.5 Å². The van der Waals surface area contributed by atoms with Gasteiger partial charge in [-0.1, -0.05) is 25.0 Å². The summed E-state index contributed by atoms with van der Waals surface area (Å²) in [4.78, 5) is 12.4. The standard InChI is InChI=1S/C18H26N2O2.ClH/c1-18(19)9-3-2-4-15(18)17(21)20-10-7-13-5-6-16-14(12-13)8-11-22-16;/h5-6,12,15H,2-4,7-11,19H2,1H3,(H,20,21);1H. The fourth-order valence-corrected chi connectivity index (χ4v) is 3.64. The second-order valence-electron chi connectivity index (χ2n) is 6.89. The van der Waals surface area contributed by atoms with Crippen LogP contribution in [0.15, 0.2) is 18.2 Å². The summed E-state index contributed by atoms with van der Waals surface area (Å²) in [5, 5.41) is 3.07. The summed E-state index contributed by atoms with van der Waals surface area (Å²) in [6.45, 7) is 3.47. The van der Waals surface area contributed by atoms with Gasteiger partial charge in [-0.15, -0.1) is 12.4 Å². The highest BCUT2D eigenvalue weighted by atomic mass is 35.5. The summed E-state index contributed by atoms with van der Waals surface area (Å²) in [5.41, 5.74) is 8.48. The SMILES string of the molecule is CC1(N)CCCCC1C(=O)NCCc1ccc2c(c1)CCO2.Cl. The minimum atomic E-state index is -0.354. The topological polar surface area (TPSA) is 64.4 Å². The first-order valence-electron chi connectivity index (χ1n) is 8.37. The fraction of sp³-hybridized carbons (Fsp3) is 0.611. The molecule has 3 rings (SSSR count). The first-order chi connectivity index (χ1) is 10.6. The van der Waals surface area contributed by atoms with Gasteiger partial charge >= 0.3 is 0 Å². The van der Waals surface area contributed by atoms with Gasteiger partial charge in [0.05, 0.1) is 12.5 Å². The number of nitrogens with one attached hydrogen (secondary N) is 1. The van der Waals surface area contributed by atoms with Crippen molar-refractivity contribution in [1.82, 2.24) is 5.32 Å². The third-order valence-electron chi connectivity index (χ3n) is 5.04. The van der Waals surface area contributed by atoms with Gasteiger partial charge in [-0.25, -0.2) is 0 Å². The normalized spacial score (nSPS) is 25.9. The zero-order chi connectivity index (χ0) is 15.6. The van der Waals surface area contributed by atoms with E-state index in [9.17, 15) is 4.79 Å². The van der Waals surface area contributed by atoms with Crippen LogP contribution in [0, 0.1) is 5.92 Å². The molecule has 2 atom stereocenters. The monoisotopic (exact) mass is 338 g/mol. The highest BCUT2D eigenvalue weighted by Crippen LogP contribution is 2.31. The Kier molecular flexibility index (Phi) is 5.93. The third-order valence-corrected chi connectivity index (χ3v) is 5.04. The van der Waals surface area contributed by atoms with E-state index in [1.807, 2.05) is 13.0 Å². The number of carbonyl (C=O) groups excluding carboxylic acids is 1. The van der Waals surface area contributed by atoms with Crippen molar-refractivity contribution in [3.05, 3.63) is 29.3 Å². The molecule has 0 aromatic heterocycles. The van der Waals surface area contributed by atoms with Crippen LogP contribution in [-0.4, -0.2) is 24.6 Å². The van der Waals surface area contributed by atoms with Crippen molar-refractivity contribution < 1.29 is 9.53 Å². The first kappa shape index (κ1) is 18.1. The lowest BCUT2D eigenvalue weighted by molar-refractivity contribution is -0.128. The second kappa shape index (κ2) is 7.54. The number of nitrogens with two attached hydrogens (primary N) is 1. The average molecular weight is 339 g/mol. The van der Waals surface area contributed by atoms with Gasteiger partial charge in [0.25, 0.3) is 0 Å². The fourth-order valence-electron chi connectivity index (χ4n) is 3.64. The van der Waals surface area contributed by atoms with Crippen LogP contribution in [0.5, 0.6) is 5.75 Å². The Morgan fingerprint density at radius 2 is 2.26 bits per heavy atom. The molecule has 0 spiro atoms. The second-order valence-corrected chi connectivity index (χ2v) is 6.89. The number of ether oxygens (including phenoxy) is 1. The van der Waals surface area contributed by atoms with Gasteiger partial charge in [0.1, 0.15) is 5.75 Å². The molecular formula is C18H27ClN2O2. The molecule has 0 radical (unpaired) electrons. The summed E-state index contributed by atoms with van der Waals surface area (Å²) in [5.74, 6) is 1.08. The molecule has 128 valence electrons. The molecule has 1 aliphatic carbocycles. The molecule has 0 saturated heterocycles. The number of fused-ring (bicyclic) bond motifs is 1. The molecule has 23 heavy (non-hydrogen) atoms. The Morgan fingerprint density at radius 1 is 1.43 bits per heavy atom. The van der Waals surface area contributed by atoms with E-state index in [2.05, 4.69) is 17.4 Å². The van der Waals surface area contributed by atoms with E-state index in [0.717, 1.165) is 50.9 Å². The van der Waals surface area contributed by atoms with Crippen LogP contribution in [0.2, 0.25) is 0 Å². The summed E-state index contributed by atoms with van der Waals surface area (Å²) in [6.07, 6.45) is 5.94. The van der Waals surface area contributed by atoms with E-state index < -0.39 is 0 Å². The maximum atomic E-state index is 12.4. The number of benzene rings is 1. The van der Waals surface area contributed by atoms with Crippen molar-refractivity contribution in [2.75, 3.05) is 13.2 Å². The van der Waals surface area contributed by atoms with Crippen molar-refractivity contribution >= 4 is 18.3 Å². The van der Waals surface area contributed by atoms with Crippen molar-refractivity contribution in [2.24, 2.45) is 11.7 Å². The number of halogens is 1. The van der Waals surface area contributed by atoms with Crippen LogP contribution < -0.4 is 15.8 Å². The van der Waals surface area contributed by atoms with Gasteiger partial charge in [-0.05, 0) is 43.4 Å². The van der Waals surface area contributed by atoms with Crippen molar-refractivity contribution in [2.45, 2.75) is 51.0 Å². The lowest BCUT2D eigenvalue weighted by atomic mass is 9.74. The van der Waals surface area contributed by atoms with E-state index in [0.29, 0.717) is 6.54 Å². The molecule has 1 saturated carbocycles. The lowest BCUT2D eigenvalue weighted by Gasteiger charge is -2.37. The van der Waals surface area contributed by atoms with Crippen LogP contribution in [0.1, 0.15) is 43.7 Å². The van der Waals surface area contributed by atoms with Crippen LogP contribution in [-0.2, 0) is 17.6 Å². The summed E-state index contributed by atoms with van der Waals surface area (Å²) in [6, 6.07) is 6.32. The van der Waals surface area contributed by atoms with Crippen LogP contribution >= 0.6 is 12.4 Å². The minimum Gasteiger partial charge on any atom is -0.493 e. The third kappa shape index (κ3) is 4.18. The van der Waals surface area contributed by atoms with Gasteiger partial charge in [-0.2, -0.15) is 0 Å². The number of hydrogen-bond donors (Lipinski definition) is 2. The van der Waals surface area contributed by atoms with E-state index >= 15 is 0 Å². The summed E-state index contributed by atoms with van der Waals surface area (Å²) >= 11 is 0. The lowest BCUT2D eigenvalue weighted by Crippen LogP contribution is -2.53. The molecule has 1 amide bonds. The minimum absolute atomic E-state index is 0. The smallest absolute Gasteiger partial charge is 0.224 e. The van der Waals surface area contributed by atoms with E-state index in [-0.39, 0.29) is 29.8 Å². The van der Waals surface area contributed by atoms with Crippen LogP contribution in [0.25, 0.3) is 0 Å². The average Bonchev–Trinajstić information content (AvgIpc) is 2.94. The van der Waals surface area contributed by atoms with Crippen molar-refractivity contribution in [3.63, 3.8) is 0 Å². The van der Waals surface area contributed by atoms with E-state index in [1.54, 1.807) is 0 Å². The largest absolute Gasteiger partial charge is 0.493 e. The molecule has 1 fully saturated rings. The Labute approximate surface area is 144 Å². The Hall–Kier alpha value is -1.26. The highest BCUT2D eigenvalue weighted by molar-refractivity contribution is 5.85. The number of carbonyl (C=O) groups is 1. The maximum absolute atomic E-state index is 12.4. The Bertz CT molecular complexity index is 560. The molecule has 5 heteroatoms. The van der Waals surface area contributed by atoms with Gasteiger partial charge in [0.2, 0.25) is 5.91 Å². The van der Waals surface area contributed by atoms with Gasteiger partial charge < -0.3 is 15.8 Å². The van der Waals surface area contributed by atoms with Crippen LogP contribution in [0.3, 0.4) is 0 Å². The first-order valence-corrected chi connectivity index (χ1v) is 8.37.